The molecule has 0 aromatic carbocycles. The van der Waals surface area contributed by atoms with E-state index in [2.05, 4.69) is 58.2 Å². The number of ether oxygens (including phenoxy) is 1. The number of hydrogen-bond acceptors (Lipinski definition) is 5. The second-order valence-electron chi connectivity index (χ2n) is 6.34. The smallest absolute Gasteiger partial charge is 0.0893 e. The molecular formula is C18H34N4O. The fourth-order valence-corrected chi connectivity index (χ4v) is 2.87. The summed E-state index contributed by atoms with van der Waals surface area (Å²) < 4.78 is 5.75. The van der Waals surface area contributed by atoms with E-state index in [-0.39, 0.29) is 0 Å². The van der Waals surface area contributed by atoms with E-state index in [4.69, 9.17) is 4.74 Å². The van der Waals surface area contributed by atoms with Gasteiger partial charge < -0.3 is 24.3 Å². The van der Waals surface area contributed by atoms with Gasteiger partial charge >= 0.3 is 0 Å². The molecule has 0 aromatic heterocycles. The van der Waals surface area contributed by atoms with Gasteiger partial charge in [-0.2, -0.15) is 0 Å². The minimum atomic E-state index is 0.905. The highest BCUT2D eigenvalue weighted by molar-refractivity contribution is 4.90. The third-order valence-corrected chi connectivity index (χ3v) is 4.48. The molecule has 0 amide bonds. The lowest BCUT2D eigenvalue weighted by molar-refractivity contribution is 0.122. The Morgan fingerprint density at radius 1 is 0.652 bits per heavy atom. The molecule has 0 bridgehead atoms. The molecule has 5 nitrogen and oxygen atoms in total. The van der Waals surface area contributed by atoms with Crippen LogP contribution in [-0.2, 0) is 4.74 Å². The van der Waals surface area contributed by atoms with Crippen molar-refractivity contribution in [2.24, 2.45) is 0 Å². The van der Waals surface area contributed by atoms with Crippen molar-refractivity contribution in [2.45, 2.75) is 39.5 Å². The topological polar surface area (TPSA) is 22.2 Å². The molecule has 0 fully saturated rings. The lowest BCUT2D eigenvalue weighted by Crippen LogP contribution is -2.26. The fraction of sp³-hybridized carbons (Fsp3) is 0.778. The quantitative estimate of drug-likeness (QED) is 0.514. The number of rotatable bonds is 12. The van der Waals surface area contributed by atoms with E-state index < -0.39 is 0 Å². The largest absolute Gasteiger partial charge is 0.381 e. The van der Waals surface area contributed by atoms with Crippen molar-refractivity contribution in [3.8, 4) is 0 Å². The van der Waals surface area contributed by atoms with Gasteiger partial charge in [0.2, 0.25) is 0 Å². The van der Waals surface area contributed by atoms with Crippen molar-refractivity contribution >= 4 is 0 Å². The summed E-state index contributed by atoms with van der Waals surface area (Å²) in [6, 6.07) is 0. The monoisotopic (exact) mass is 322 g/mol. The van der Waals surface area contributed by atoms with Crippen LogP contribution in [0.15, 0.2) is 24.8 Å². The van der Waals surface area contributed by atoms with E-state index in [1.807, 2.05) is 0 Å². The van der Waals surface area contributed by atoms with Crippen molar-refractivity contribution in [2.75, 3.05) is 52.7 Å². The van der Waals surface area contributed by atoms with Crippen LogP contribution in [0.1, 0.15) is 39.5 Å². The molecule has 2 rings (SSSR count). The van der Waals surface area contributed by atoms with Gasteiger partial charge in [-0.05, 0) is 39.5 Å². The van der Waals surface area contributed by atoms with Crippen LogP contribution in [0, 0.1) is 0 Å². The molecule has 0 saturated carbocycles. The molecule has 0 saturated heterocycles. The predicted molar refractivity (Wildman–Crippen MR) is 95.5 cm³/mol. The first-order chi connectivity index (χ1) is 11.3. The van der Waals surface area contributed by atoms with Gasteiger partial charge in [-0.15, -0.1) is 0 Å². The zero-order valence-corrected chi connectivity index (χ0v) is 15.0. The zero-order chi connectivity index (χ0) is 16.3. The van der Waals surface area contributed by atoms with Gasteiger partial charge in [0.1, 0.15) is 0 Å². The molecular weight excluding hydrogens is 288 g/mol. The SMILES string of the molecule is CCN1C=CN(CCCCOCCCCN2C=CN(CC)C2)C1. The normalized spacial score (nSPS) is 17.1. The number of hydrogen-bond donors (Lipinski definition) is 0. The van der Waals surface area contributed by atoms with Gasteiger partial charge in [0, 0.05) is 64.2 Å². The van der Waals surface area contributed by atoms with Gasteiger partial charge in [-0.1, -0.05) is 0 Å². The van der Waals surface area contributed by atoms with Crippen molar-refractivity contribution in [3.63, 3.8) is 0 Å². The van der Waals surface area contributed by atoms with E-state index in [1.165, 1.54) is 12.8 Å². The standard InChI is InChI=1S/C18H34N4O/c1-3-19-11-13-21(17-19)9-5-7-15-23-16-8-6-10-22-14-12-20(4-2)18-22/h11-14H,3-10,15-18H2,1-2H3. The summed E-state index contributed by atoms with van der Waals surface area (Å²) in [6.45, 7) is 12.8. The van der Waals surface area contributed by atoms with Crippen LogP contribution in [0.5, 0.6) is 0 Å². The van der Waals surface area contributed by atoms with Gasteiger partial charge in [0.05, 0.1) is 13.3 Å². The molecule has 0 N–H and O–H groups in total. The Hall–Kier alpha value is -1.36. The molecule has 2 aliphatic rings. The number of nitrogens with zero attached hydrogens (tertiary/aromatic N) is 4. The lowest BCUT2D eigenvalue weighted by Gasteiger charge is -2.20. The Balaban J connectivity index is 1.34. The molecule has 0 radical (unpaired) electrons. The highest BCUT2D eigenvalue weighted by atomic mass is 16.5. The van der Waals surface area contributed by atoms with Crippen LogP contribution in [-0.4, -0.2) is 72.3 Å². The molecule has 0 unspecified atom stereocenters. The van der Waals surface area contributed by atoms with Gasteiger partial charge in [-0.3, -0.25) is 0 Å². The highest BCUT2D eigenvalue weighted by Crippen LogP contribution is 2.08. The summed E-state index contributed by atoms with van der Waals surface area (Å²) >= 11 is 0. The summed E-state index contributed by atoms with van der Waals surface area (Å²) in [4.78, 5) is 9.41. The van der Waals surface area contributed by atoms with E-state index >= 15 is 0 Å². The molecule has 2 aliphatic heterocycles. The van der Waals surface area contributed by atoms with Crippen LogP contribution in [0.3, 0.4) is 0 Å². The Kier molecular flexibility index (Phi) is 8.15. The first kappa shape index (κ1) is 18.0. The average molecular weight is 322 g/mol. The highest BCUT2D eigenvalue weighted by Gasteiger charge is 2.10. The van der Waals surface area contributed by atoms with E-state index in [0.717, 1.165) is 65.6 Å². The summed E-state index contributed by atoms with van der Waals surface area (Å²) in [7, 11) is 0. The van der Waals surface area contributed by atoms with Crippen molar-refractivity contribution < 1.29 is 4.74 Å². The molecule has 0 aromatic rings. The Morgan fingerprint density at radius 2 is 1.09 bits per heavy atom. The minimum absolute atomic E-state index is 0.905. The molecule has 0 aliphatic carbocycles. The van der Waals surface area contributed by atoms with E-state index in [0.29, 0.717) is 0 Å². The molecule has 23 heavy (non-hydrogen) atoms. The van der Waals surface area contributed by atoms with Crippen LogP contribution in [0.4, 0.5) is 0 Å². The summed E-state index contributed by atoms with van der Waals surface area (Å²) in [5, 5.41) is 0. The summed E-state index contributed by atoms with van der Waals surface area (Å²) in [5.41, 5.74) is 0. The van der Waals surface area contributed by atoms with Gasteiger partial charge in [-0.25, -0.2) is 0 Å². The zero-order valence-electron chi connectivity index (χ0n) is 15.0. The maximum Gasteiger partial charge on any atom is 0.0893 e. The average Bonchev–Trinajstić information content (AvgIpc) is 3.22. The van der Waals surface area contributed by atoms with Crippen LogP contribution in [0.25, 0.3) is 0 Å². The third kappa shape index (κ3) is 6.73. The Bertz CT molecular complexity index is 338. The second kappa shape index (κ2) is 10.4. The summed E-state index contributed by atoms with van der Waals surface area (Å²) in [6.07, 6.45) is 13.5. The Labute approximate surface area is 142 Å². The first-order valence-electron chi connectivity index (χ1n) is 9.22. The minimum Gasteiger partial charge on any atom is -0.381 e. The van der Waals surface area contributed by atoms with Crippen LogP contribution in [0.2, 0.25) is 0 Å². The van der Waals surface area contributed by atoms with Crippen molar-refractivity contribution in [1.82, 2.24) is 19.6 Å². The maximum absolute atomic E-state index is 5.75. The Morgan fingerprint density at radius 3 is 1.48 bits per heavy atom. The second-order valence-corrected chi connectivity index (χ2v) is 6.34. The maximum atomic E-state index is 5.75. The van der Waals surface area contributed by atoms with Crippen molar-refractivity contribution in [1.29, 1.82) is 0 Å². The van der Waals surface area contributed by atoms with E-state index in [9.17, 15) is 0 Å². The molecule has 2 heterocycles. The van der Waals surface area contributed by atoms with Crippen LogP contribution >= 0.6 is 0 Å². The van der Waals surface area contributed by atoms with Crippen molar-refractivity contribution in [3.05, 3.63) is 24.8 Å². The predicted octanol–water partition coefficient (Wildman–Crippen LogP) is 2.70. The fourth-order valence-electron chi connectivity index (χ4n) is 2.87. The van der Waals surface area contributed by atoms with E-state index in [1.54, 1.807) is 0 Å². The lowest BCUT2D eigenvalue weighted by atomic mass is 10.3. The molecule has 0 atom stereocenters. The first-order valence-corrected chi connectivity index (χ1v) is 9.22. The third-order valence-electron chi connectivity index (χ3n) is 4.48. The molecule has 0 spiro atoms. The van der Waals surface area contributed by atoms with Gasteiger partial charge in [0.15, 0.2) is 0 Å². The van der Waals surface area contributed by atoms with Crippen LogP contribution < -0.4 is 0 Å². The summed E-state index contributed by atoms with van der Waals surface area (Å²) in [5.74, 6) is 0. The van der Waals surface area contributed by atoms with Gasteiger partial charge in [0.25, 0.3) is 0 Å². The molecule has 5 heteroatoms. The number of unbranched alkanes of at least 4 members (excludes halogenated alkanes) is 2. The molecule has 132 valence electrons.